The standard InChI is InChI=1S/C22H32N4O7S/c1-12(2)18(21(31)24-15(22(32)33)10-13-6-4-3-5-7-13)26-20(30)16(11-34)25-19(29)14(23)8-9-17(27)28/h3-7,12,14-16,18,34H,8-11,23H2,1-2H3,(H,24,31)(H,25,29)(H,26,30)(H,27,28)(H,32,33). The molecule has 0 aliphatic rings. The fourth-order valence-corrected chi connectivity index (χ4v) is 3.24. The Morgan fingerprint density at radius 1 is 0.912 bits per heavy atom. The molecule has 12 heteroatoms. The normalized spacial score (nSPS) is 14.4. The van der Waals surface area contributed by atoms with Gasteiger partial charge in [-0.15, -0.1) is 0 Å². The zero-order valence-corrected chi connectivity index (χ0v) is 20.0. The third-order valence-corrected chi connectivity index (χ3v) is 5.33. The predicted molar refractivity (Wildman–Crippen MR) is 127 cm³/mol. The summed E-state index contributed by atoms with van der Waals surface area (Å²) in [5.41, 5.74) is 6.38. The molecule has 0 aliphatic heterocycles. The van der Waals surface area contributed by atoms with E-state index in [2.05, 4.69) is 28.6 Å². The van der Waals surface area contributed by atoms with Crippen molar-refractivity contribution in [1.29, 1.82) is 0 Å². The van der Waals surface area contributed by atoms with Crippen molar-refractivity contribution in [1.82, 2.24) is 16.0 Å². The third kappa shape index (κ3) is 9.79. The number of carboxylic acid groups (broad SMARTS) is 2. The number of benzene rings is 1. The van der Waals surface area contributed by atoms with Crippen LogP contribution in [-0.2, 0) is 30.4 Å². The quantitative estimate of drug-likeness (QED) is 0.169. The second-order valence-corrected chi connectivity index (χ2v) is 8.47. The van der Waals surface area contributed by atoms with Crippen molar-refractivity contribution in [2.75, 3.05) is 5.75 Å². The summed E-state index contributed by atoms with van der Waals surface area (Å²) in [4.78, 5) is 60.1. The van der Waals surface area contributed by atoms with Crippen LogP contribution in [0.25, 0.3) is 0 Å². The molecule has 34 heavy (non-hydrogen) atoms. The van der Waals surface area contributed by atoms with Crippen molar-refractivity contribution in [2.24, 2.45) is 11.7 Å². The smallest absolute Gasteiger partial charge is 0.326 e. The van der Waals surface area contributed by atoms with Gasteiger partial charge in [-0.2, -0.15) is 12.6 Å². The van der Waals surface area contributed by atoms with E-state index in [1.54, 1.807) is 44.2 Å². The number of hydrogen-bond acceptors (Lipinski definition) is 7. The van der Waals surface area contributed by atoms with E-state index < -0.39 is 59.7 Å². The van der Waals surface area contributed by atoms with E-state index in [0.29, 0.717) is 0 Å². The topological polar surface area (TPSA) is 188 Å². The summed E-state index contributed by atoms with van der Waals surface area (Å²) in [6.45, 7) is 3.35. The van der Waals surface area contributed by atoms with Gasteiger partial charge < -0.3 is 31.9 Å². The second kappa shape index (κ2) is 14.2. The molecule has 1 aromatic rings. The van der Waals surface area contributed by atoms with Crippen molar-refractivity contribution in [3.05, 3.63) is 35.9 Å². The second-order valence-electron chi connectivity index (χ2n) is 8.10. The largest absolute Gasteiger partial charge is 0.481 e. The first-order valence-electron chi connectivity index (χ1n) is 10.7. The Kier molecular flexibility index (Phi) is 12.1. The van der Waals surface area contributed by atoms with Crippen LogP contribution in [0.2, 0.25) is 0 Å². The first kappa shape index (κ1) is 28.9. The van der Waals surface area contributed by atoms with Crippen LogP contribution >= 0.6 is 12.6 Å². The number of amides is 3. The molecule has 0 radical (unpaired) electrons. The maximum atomic E-state index is 12.8. The average Bonchev–Trinajstić information content (AvgIpc) is 2.78. The Bertz CT molecular complexity index is 866. The maximum Gasteiger partial charge on any atom is 0.326 e. The van der Waals surface area contributed by atoms with Crippen LogP contribution < -0.4 is 21.7 Å². The van der Waals surface area contributed by atoms with E-state index in [1.807, 2.05) is 0 Å². The summed E-state index contributed by atoms with van der Waals surface area (Å²) in [6.07, 6.45) is -0.364. The van der Waals surface area contributed by atoms with Crippen LogP contribution in [0.4, 0.5) is 0 Å². The van der Waals surface area contributed by atoms with Gasteiger partial charge in [0.15, 0.2) is 0 Å². The molecule has 1 aromatic carbocycles. The van der Waals surface area contributed by atoms with E-state index >= 15 is 0 Å². The molecule has 0 aromatic heterocycles. The number of aliphatic carboxylic acids is 2. The Morgan fingerprint density at radius 3 is 2.00 bits per heavy atom. The van der Waals surface area contributed by atoms with Gasteiger partial charge in [-0.3, -0.25) is 19.2 Å². The number of nitrogens with two attached hydrogens (primary N) is 1. The molecular formula is C22H32N4O7S. The van der Waals surface area contributed by atoms with Crippen LogP contribution in [0.3, 0.4) is 0 Å². The molecular weight excluding hydrogens is 464 g/mol. The molecule has 7 N–H and O–H groups in total. The minimum absolute atomic E-state index is 0.0598. The molecule has 0 heterocycles. The Balaban J connectivity index is 2.82. The highest BCUT2D eigenvalue weighted by Crippen LogP contribution is 2.07. The Labute approximate surface area is 203 Å². The monoisotopic (exact) mass is 496 g/mol. The first-order valence-corrected chi connectivity index (χ1v) is 11.4. The lowest BCUT2D eigenvalue weighted by molar-refractivity contribution is -0.142. The van der Waals surface area contributed by atoms with Crippen LogP contribution in [0.5, 0.6) is 0 Å². The van der Waals surface area contributed by atoms with Gasteiger partial charge in [0.25, 0.3) is 0 Å². The lowest BCUT2D eigenvalue weighted by Crippen LogP contribution is -2.59. The first-order chi connectivity index (χ1) is 16.0. The molecule has 0 saturated heterocycles. The van der Waals surface area contributed by atoms with E-state index in [1.165, 1.54) is 0 Å². The molecule has 0 saturated carbocycles. The maximum absolute atomic E-state index is 12.8. The molecule has 11 nitrogen and oxygen atoms in total. The number of thiol groups is 1. The van der Waals surface area contributed by atoms with Gasteiger partial charge in [-0.1, -0.05) is 44.2 Å². The van der Waals surface area contributed by atoms with Gasteiger partial charge in [0, 0.05) is 18.6 Å². The van der Waals surface area contributed by atoms with E-state index in [4.69, 9.17) is 10.8 Å². The molecule has 3 amide bonds. The van der Waals surface area contributed by atoms with Crippen molar-refractivity contribution >= 4 is 42.3 Å². The number of carbonyl (C=O) groups is 5. The van der Waals surface area contributed by atoms with E-state index in [-0.39, 0.29) is 25.0 Å². The minimum atomic E-state index is -1.22. The lowest BCUT2D eigenvalue weighted by Gasteiger charge is -2.26. The van der Waals surface area contributed by atoms with Gasteiger partial charge in [-0.05, 0) is 17.9 Å². The van der Waals surface area contributed by atoms with Gasteiger partial charge in [0.2, 0.25) is 17.7 Å². The summed E-state index contributed by atoms with van der Waals surface area (Å²) in [6, 6.07) is 4.23. The van der Waals surface area contributed by atoms with Crippen LogP contribution in [-0.4, -0.2) is 69.8 Å². The number of carbonyl (C=O) groups excluding carboxylic acids is 3. The van der Waals surface area contributed by atoms with Crippen molar-refractivity contribution in [2.45, 2.75) is 57.3 Å². The number of carboxylic acids is 2. The number of nitrogens with one attached hydrogen (secondary N) is 3. The fraction of sp³-hybridized carbons (Fsp3) is 0.500. The molecule has 188 valence electrons. The SMILES string of the molecule is CC(C)C(NC(=O)C(CS)NC(=O)C(N)CCC(=O)O)C(=O)NC(Cc1ccccc1)C(=O)O. The molecule has 0 aliphatic carbocycles. The summed E-state index contributed by atoms with van der Waals surface area (Å²) in [5.74, 6) is -4.96. The predicted octanol–water partition coefficient (Wildman–Crippen LogP) is -0.454. The van der Waals surface area contributed by atoms with Gasteiger partial charge in [0.05, 0.1) is 6.04 Å². The van der Waals surface area contributed by atoms with Crippen molar-refractivity contribution < 1.29 is 34.2 Å². The van der Waals surface area contributed by atoms with Gasteiger partial charge in [-0.25, -0.2) is 4.79 Å². The van der Waals surface area contributed by atoms with E-state index in [0.717, 1.165) is 5.56 Å². The third-order valence-electron chi connectivity index (χ3n) is 4.97. The highest BCUT2D eigenvalue weighted by molar-refractivity contribution is 7.80. The molecule has 0 fully saturated rings. The van der Waals surface area contributed by atoms with Gasteiger partial charge in [0.1, 0.15) is 18.1 Å². The Morgan fingerprint density at radius 2 is 1.50 bits per heavy atom. The van der Waals surface area contributed by atoms with Crippen LogP contribution in [0.1, 0.15) is 32.3 Å². The highest BCUT2D eigenvalue weighted by atomic mass is 32.1. The van der Waals surface area contributed by atoms with Gasteiger partial charge >= 0.3 is 11.9 Å². The summed E-state index contributed by atoms with van der Waals surface area (Å²) in [7, 11) is 0. The summed E-state index contributed by atoms with van der Waals surface area (Å²) < 4.78 is 0. The molecule has 1 rings (SSSR count). The minimum Gasteiger partial charge on any atom is -0.481 e. The number of rotatable bonds is 14. The molecule has 0 bridgehead atoms. The van der Waals surface area contributed by atoms with Crippen molar-refractivity contribution in [3.8, 4) is 0 Å². The van der Waals surface area contributed by atoms with Crippen molar-refractivity contribution in [3.63, 3.8) is 0 Å². The Hall–Kier alpha value is -3.12. The lowest BCUT2D eigenvalue weighted by atomic mass is 10.0. The van der Waals surface area contributed by atoms with Crippen LogP contribution in [0.15, 0.2) is 30.3 Å². The zero-order chi connectivity index (χ0) is 25.8. The van der Waals surface area contributed by atoms with E-state index in [9.17, 15) is 29.1 Å². The fourth-order valence-electron chi connectivity index (χ4n) is 2.98. The summed E-state index contributed by atoms with van der Waals surface area (Å²) >= 11 is 4.06. The molecule has 0 spiro atoms. The highest BCUT2D eigenvalue weighted by Gasteiger charge is 2.31. The zero-order valence-electron chi connectivity index (χ0n) is 19.1. The number of hydrogen-bond donors (Lipinski definition) is 7. The average molecular weight is 497 g/mol. The van der Waals surface area contributed by atoms with Crippen LogP contribution in [0, 0.1) is 5.92 Å². The molecule has 4 unspecified atom stereocenters. The summed E-state index contributed by atoms with van der Waals surface area (Å²) in [5, 5.41) is 25.6. The molecule has 4 atom stereocenters.